The zero-order valence-corrected chi connectivity index (χ0v) is 13.0. The van der Waals surface area contributed by atoms with E-state index >= 15 is 0 Å². The molecule has 112 valence electrons. The van der Waals surface area contributed by atoms with Gasteiger partial charge < -0.3 is 10.1 Å². The molecule has 1 amide bonds. The Hall–Kier alpha value is -1.52. The highest BCUT2D eigenvalue weighted by molar-refractivity contribution is 6.42. The van der Waals surface area contributed by atoms with E-state index in [4.69, 9.17) is 27.9 Å². The Balaban J connectivity index is 2.39. The van der Waals surface area contributed by atoms with Gasteiger partial charge in [-0.15, -0.1) is 0 Å². The van der Waals surface area contributed by atoms with Crippen molar-refractivity contribution < 1.29 is 14.3 Å². The van der Waals surface area contributed by atoms with E-state index < -0.39 is 11.9 Å². The first-order valence-electron chi connectivity index (χ1n) is 6.54. The van der Waals surface area contributed by atoms with Crippen molar-refractivity contribution in [2.75, 3.05) is 6.61 Å². The van der Waals surface area contributed by atoms with Gasteiger partial charge in [0.05, 0.1) is 16.7 Å². The van der Waals surface area contributed by atoms with Crippen LogP contribution in [0.15, 0.2) is 30.5 Å². The lowest BCUT2D eigenvalue weighted by atomic mass is 9.79. The Kier molecular flexibility index (Phi) is 4.91. The number of amides is 1. The zero-order chi connectivity index (χ0) is 15.6. The van der Waals surface area contributed by atoms with Crippen LogP contribution < -0.4 is 5.32 Å². The molecule has 4 nitrogen and oxygen atoms in total. The van der Waals surface area contributed by atoms with Crippen LogP contribution in [0.2, 0.25) is 10.0 Å². The van der Waals surface area contributed by atoms with E-state index in [9.17, 15) is 9.59 Å². The van der Waals surface area contributed by atoms with Gasteiger partial charge in [-0.1, -0.05) is 35.8 Å². The molecular weight excluding hydrogens is 313 g/mol. The maximum absolute atomic E-state index is 12.2. The molecule has 1 aliphatic rings. The summed E-state index contributed by atoms with van der Waals surface area (Å²) in [5.41, 5.74) is 1.11. The van der Waals surface area contributed by atoms with E-state index in [1.165, 1.54) is 0 Å². The molecule has 2 atom stereocenters. The van der Waals surface area contributed by atoms with Crippen molar-refractivity contribution in [1.29, 1.82) is 0 Å². The van der Waals surface area contributed by atoms with Crippen LogP contribution >= 0.6 is 23.2 Å². The lowest BCUT2D eigenvalue weighted by molar-refractivity contribution is -0.148. The van der Waals surface area contributed by atoms with Crippen molar-refractivity contribution in [3.8, 4) is 0 Å². The largest absolute Gasteiger partial charge is 0.465 e. The molecule has 1 N–H and O–H groups in total. The molecule has 0 radical (unpaired) electrons. The number of nitrogens with one attached hydrogen (secondary N) is 1. The Bertz CT molecular complexity index is 601. The summed E-state index contributed by atoms with van der Waals surface area (Å²) in [4.78, 5) is 23.9. The number of esters is 1. The first-order valence-corrected chi connectivity index (χ1v) is 7.29. The summed E-state index contributed by atoms with van der Waals surface area (Å²) in [6, 6.07) is 5.08. The fraction of sp³-hybridized carbons (Fsp3) is 0.333. The molecule has 1 aromatic carbocycles. The second-order valence-corrected chi connectivity index (χ2v) is 5.60. The molecular formula is C15H15Cl2NO3. The predicted molar refractivity (Wildman–Crippen MR) is 81.2 cm³/mol. The van der Waals surface area contributed by atoms with Gasteiger partial charge in [-0.3, -0.25) is 9.59 Å². The van der Waals surface area contributed by atoms with Crippen LogP contribution in [0.1, 0.15) is 24.8 Å². The summed E-state index contributed by atoms with van der Waals surface area (Å²) < 4.78 is 5.08. The number of piperidine rings is 1. The Morgan fingerprint density at radius 3 is 2.76 bits per heavy atom. The van der Waals surface area contributed by atoms with Crippen LogP contribution in [0, 0.1) is 5.92 Å². The van der Waals surface area contributed by atoms with Gasteiger partial charge >= 0.3 is 5.97 Å². The molecule has 0 spiro atoms. The van der Waals surface area contributed by atoms with Gasteiger partial charge in [-0.2, -0.15) is 0 Å². The molecule has 0 saturated carbocycles. The first kappa shape index (κ1) is 15.9. The van der Waals surface area contributed by atoms with Crippen molar-refractivity contribution in [2.45, 2.75) is 19.3 Å². The minimum Gasteiger partial charge on any atom is -0.465 e. The Morgan fingerprint density at radius 2 is 2.14 bits per heavy atom. The number of carbonyl (C=O) groups is 2. The maximum atomic E-state index is 12.2. The molecule has 1 aliphatic heterocycles. The number of hydrogen-bond donors (Lipinski definition) is 1. The van der Waals surface area contributed by atoms with Gasteiger partial charge in [0.2, 0.25) is 5.91 Å². The Morgan fingerprint density at radius 1 is 1.43 bits per heavy atom. The van der Waals surface area contributed by atoms with Crippen LogP contribution in [0.5, 0.6) is 0 Å². The van der Waals surface area contributed by atoms with Gasteiger partial charge in [-0.25, -0.2) is 0 Å². The fourth-order valence-corrected chi connectivity index (χ4v) is 2.77. The molecule has 1 aromatic rings. The SMILES string of the molecule is C=C1NC(=O)CC(c2ccc(Cl)c(Cl)c2)C1C(=O)OCC. The minimum absolute atomic E-state index is 0.167. The number of ether oxygens (including phenoxy) is 1. The van der Waals surface area contributed by atoms with Crippen LogP contribution in [0.3, 0.4) is 0 Å². The summed E-state index contributed by atoms with van der Waals surface area (Å²) in [5.74, 6) is -1.57. The molecule has 21 heavy (non-hydrogen) atoms. The molecule has 1 fully saturated rings. The molecule has 1 heterocycles. The predicted octanol–water partition coefficient (Wildman–Crippen LogP) is 3.29. The van der Waals surface area contributed by atoms with Gasteiger partial charge in [0.1, 0.15) is 5.92 Å². The highest BCUT2D eigenvalue weighted by atomic mass is 35.5. The summed E-state index contributed by atoms with van der Waals surface area (Å²) in [6.45, 7) is 5.77. The molecule has 1 saturated heterocycles. The number of hydrogen-bond acceptors (Lipinski definition) is 3. The average Bonchev–Trinajstić information content (AvgIpc) is 2.41. The number of benzene rings is 1. The van der Waals surface area contributed by atoms with Crippen LogP contribution in [-0.2, 0) is 14.3 Å². The summed E-state index contributed by atoms with van der Waals surface area (Å²) in [7, 11) is 0. The maximum Gasteiger partial charge on any atom is 0.315 e. The van der Waals surface area contributed by atoms with Crippen molar-refractivity contribution in [1.82, 2.24) is 5.32 Å². The number of carbonyl (C=O) groups excluding carboxylic acids is 2. The third-order valence-electron chi connectivity index (χ3n) is 3.40. The Labute approximate surface area is 133 Å². The molecule has 6 heteroatoms. The molecule has 0 aromatic heterocycles. The van der Waals surface area contributed by atoms with Crippen molar-refractivity contribution >= 4 is 35.1 Å². The molecule has 2 unspecified atom stereocenters. The van der Waals surface area contributed by atoms with E-state index in [1.807, 2.05) is 0 Å². The van der Waals surface area contributed by atoms with Gasteiger partial charge in [0.25, 0.3) is 0 Å². The van der Waals surface area contributed by atoms with Crippen molar-refractivity contribution in [2.24, 2.45) is 5.92 Å². The highest BCUT2D eigenvalue weighted by Crippen LogP contribution is 2.38. The molecule has 0 aliphatic carbocycles. The number of halogens is 2. The fourth-order valence-electron chi connectivity index (χ4n) is 2.46. The summed E-state index contributed by atoms with van der Waals surface area (Å²) in [6.07, 6.45) is 0.167. The van der Waals surface area contributed by atoms with E-state index in [-0.39, 0.29) is 24.9 Å². The summed E-state index contributed by atoms with van der Waals surface area (Å²) in [5, 5.41) is 3.41. The lowest BCUT2D eigenvalue weighted by Crippen LogP contribution is -2.41. The first-order chi connectivity index (χ1) is 9.93. The third-order valence-corrected chi connectivity index (χ3v) is 4.13. The zero-order valence-electron chi connectivity index (χ0n) is 11.5. The minimum atomic E-state index is -0.625. The topological polar surface area (TPSA) is 55.4 Å². The van der Waals surface area contributed by atoms with Crippen LogP contribution in [0.25, 0.3) is 0 Å². The van der Waals surface area contributed by atoms with Crippen LogP contribution in [0.4, 0.5) is 0 Å². The quantitative estimate of drug-likeness (QED) is 0.866. The number of rotatable bonds is 3. The van der Waals surface area contributed by atoms with Crippen LogP contribution in [-0.4, -0.2) is 18.5 Å². The van der Waals surface area contributed by atoms with E-state index in [0.717, 1.165) is 5.56 Å². The highest BCUT2D eigenvalue weighted by Gasteiger charge is 2.39. The smallest absolute Gasteiger partial charge is 0.315 e. The standard InChI is InChI=1S/C15H15Cl2NO3/c1-3-21-15(20)14-8(2)18-13(19)7-10(14)9-4-5-11(16)12(17)6-9/h4-6,10,14H,2-3,7H2,1H3,(H,18,19). The van der Waals surface area contributed by atoms with E-state index in [1.54, 1.807) is 25.1 Å². The van der Waals surface area contributed by atoms with E-state index in [0.29, 0.717) is 15.7 Å². The second kappa shape index (κ2) is 6.50. The van der Waals surface area contributed by atoms with Crippen molar-refractivity contribution in [3.63, 3.8) is 0 Å². The average molecular weight is 328 g/mol. The summed E-state index contributed by atoms with van der Waals surface area (Å²) >= 11 is 11.9. The lowest BCUT2D eigenvalue weighted by Gasteiger charge is -2.32. The normalized spacial score (nSPS) is 21.9. The second-order valence-electron chi connectivity index (χ2n) is 4.79. The monoisotopic (exact) mass is 327 g/mol. The molecule has 2 rings (SSSR count). The third kappa shape index (κ3) is 3.39. The molecule has 0 bridgehead atoms. The van der Waals surface area contributed by atoms with Gasteiger partial charge in [0.15, 0.2) is 0 Å². The van der Waals surface area contributed by atoms with E-state index in [2.05, 4.69) is 11.9 Å². The van der Waals surface area contributed by atoms with Crippen molar-refractivity contribution in [3.05, 3.63) is 46.1 Å². The van der Waals surface area contributed by atoms with Gasteiger partial charge in [-0.05, 0) is 24.6 Å². The van der Waals surface area contributed by atoms with Gasteiger partial charge in [0, 0.05) is 18.0 Å².